The number of likely N-dealkylation sites (tertiary alicyclic amines) is 1. The van der Waals surface area contributed by atoms with E-state index in [0.29, 0.717) is 24.5 Å². The Labute approximate surface area is 122 Å². The Balaban J connectivity index is 1.74. The third-order valence-electron chi connectivity index (χ3n) is 4.41. The van der Waals surface area contributed by atoms with Crippen LogP contribution in [0.3, 0.4) is 0 Å². The van der Waals surface area contributed by atoms with Crippen LogP contribution < -0.4 is 5.32 Å². The van der Waals surface area contributed by atoms with E-state index < -0.39 is 0 Å². The highest BCUT2D eigenvalue weighted by atomic mass is 16.3. The molecule has 0 aromatic rings. The third kappa shape index (κ3) is 4.35. The number of amides is 2. The number of nitrogens with zero attached hydrogens (tertiary/aromatic N) is 2. The molecule has 1 aliphatic heterocycles. The fourth-order valence-electron chi connectivity index (χ4n) is 3.01. The fraction of sp³-hybridized carbons (Fsp3) is 0.933. The molecule has 2 fully saturated rings. The molecule has 5 heteroatoms. The van der Waals surface area contributed by atoms with Crippen molar-refractivity contribution in [3.05, 3.63) is 0 Å². The molecule has 0 bridgehead atoms. The van der Waals surface area contributed by atoms with Gasteiger partial charge in [-0.05, 0) is 52.0 Å². The summed E-state index contributed by atoms with van der Waals surface area (Å²) in [7, 11) is 0. The van der Waals surface area contributed by atoms with E-state index in [9.17, 15) is 4.79 Å². The molecule has 1 saturated carbocycles. The maximum atomic E-state index is 12.2. The Morgan fingerprint density at radius 2 is 2.15 bits per heavy atom. The highest BCUT2D eigenvalue weighted by Gasteiger charge is 2.32. The molecule has 1 atom stereocenters. The molecule has 2 aliphatic rings. The summed E-state index contributed by atoms with van der Waals surface area (Å²) in [6, 6.07) is 0.953. The summed E-state index contributed by atoms with van der Waals surface area (Å²) in [4.78, 5) is 16.5. The number of hydrogen-bond donors (Lipinski definition) is 2. The second-order valence-electron chi connectivity index (χ2n) is 6.43. The van der Waals surface area contributed by atoms with Crippen LogP contribution >= 0.6 is 0 Å². The van der Waals surface area contributed by atoms with E-state index in [0.717, 1.165) is 25.9 Å². The molecular weight excluding hydrogens is 254 g/mol. The lowest BCUT2D eigenvalue weighted by Crippen LogP contribution is -2.47. The molecule has 0 aromatic carbocycles. The lowest BCUT2D eigenvalue weighted by molar-refractivity contribution is 0.135. The first-order valence-corrected chi connectivity index (χ1v) is 8.01. The Morgan fingerprint density at radius 3 is 2.75 bits per heavy atom. The molecule has 1 aliphatic carbocycles. The normalized spacial score (nSPS) is 23.9. The van der Waals surface area contributed by atoms with Crippen molar-refractivity contribution < 1.29 is 9.90 Å². The Kier molecular flexibility index (Phi) is 5.66. The number of carbonyl (C=O) groups is 1. The molecule has 0 aromatic heterocycles. The second kappa shape index (κ2) is 7.27. The van der Waals surface area contributed by atoms with E-state index in [4.69, 9.17) is 5.11 Å². The monoisotopic (exact) mass is 283 g/mol. The molecule has 20 heavy (non-hydrogen) atoms. The van der Waals surface area contributed by atoms with E-state index in [1.807, 2.05) is 0 Å². The van der Waals surface area contributed by atoms with Gasteiger partial charge in [-0.3, -0.25) is 0 Å². The Morgan fingerprint density at radius 1 is 1.40 bits per heavy atom. The zero-order valence-corrected chi connectivity index (χ0v) is 12.8. The first kappa shape index (κ1) is 15.6. The van der Waals surface area contributed by atoms with E-state index in [1.54, 1.807) is 4.90 Å². The molecule has 2 N–H and O–H groups in total. The summed E-state index contributed by atoms with van der Waals surface area (Å²) in [6.07, 6.45) is 4.59. The topological polar surface area (TPSA) is 55.8 Å². The fourth-order valence-corrected chi connectivity index (χ4v) is 3.01. The van der Waals surface area contributed by atoms with Gasteiger partial charge in [-0.25, -0.2) is 4.79 Å². The van der Waals surface area contributed by atoms with Crippen molar-refractivity contribution in [2.75, 3.05) is 32.8 Å². The van der Waals surface area contributed by atoms with Gasteiger partial charge in [0.25, 0.3) is 0 Å². The van der Waals surface area contributed by atoms with Crippen molar-refractivity contribution in [1.82, 2.24) is 15.1 Å². The van der Waals surface area contributed by atoms with Gasteiger partial charge in [0, 0.05) is 31.7 Å². The highest BCUT2D eigenvalue weighted by molar-refractivity contribution is 5.74. The Bertz CT molecular complexity index is 318. The Hall–Kier alpha value is -0.810. The summed E-state index contributed by atoms with van der Waals surface area (Å²) in [5.74, 6) is 0.560. The second-order valence-corrected chi connectivity index (χ2v) is 6.43. The minimum atomic E-state index is 0.00298. The number of nitrogens with one attached hydrogen (secondary N) is 1. The highest BCUT2D eigenvalue weighted by Crippen LogP contribution is 2.26. The smallest absolute Gasteiger partial charge is 0.317 e. The van der Waals surface area contributed by atoms with Crippen LogP contribution in [0.5, 0.6) is 0 Å². The van der Waals surface area contributed by atoms with Crippen molar-refractivity contribution >= 4 is 6.03 Å². The molecule has 2 amide bonds. The average molecular weight is 283 g/mol. The zero-order valence-electron chi connectivity index (χ0n) is 12.8. The van der Waals surface area contributed by atoms with Crippen LogP contribution in [0, 0.1) is 5.92 Å². The zero-order chi connectivity index (χ0) is 14.5. The minimum absolute atomic E-state index is 0.00298. The van der Waals surface area contributed by atoms with Gasteiger partial charge >= 0.3 is 6.03 Å². The standard InChI is InChI=1S/C15H29N3O2/c1-12(2)17-7-3-4-13(11-17)10-16-15(20)18(8-9-19)14-5-6-14/h12-14,19H,3-11H2,1-2H3,(H,16,20). The van der Waals surface area contributed by atoms with Gasteiger partial charge in [-0.1, -0.05) is 0 Å². The molecule has 0 radical (unpaired) electrons. The number of carbonyl (C=O) groups excluding carboxylic acids is 1. The third-order valence-corrected chi connectivity index (χ3v) is 4.41. The SMILES string of the molecule is CC(C)N1CCCC(CNC(=O)N(CCO)C2CC2)C1. The number of urea groups is 1. The van der Waals surface area contributed by atoms with Gasteiger partial charge in [0.15, 0.2) is 0 Å². The van der Waals surface area contributed by atoms with Crippen molar-refractivity contribution in [3.8, 4) is 0 Å². The molecule has 1 heterocycles. The first-order valence-electron chi connectivity index (χ1n) is 8.01. The summed E-state index contributed by atoms with van der Waals surface area (Å²) in [6.45, 7) is 8.00. The van der Waals surface area contributed by atoms with E-state index in [1.165, 1.54) is 19.4 Å². The van der Waals surface area contributed by atoms with Crippen LogP contribution in [-0.2, 0) is 0 Å². The predicted octanol–water partition coefficient (Wildman–Crippen LogP) is 1.27. The van der Waals surface area contributed by atoms with Gasteiger partial charge in [0.05, 0.1) is 6.61 Å². The van der Waals surface area contributed by atoms with Crippen LogP contribution in [0.25, 0.3) is 0 Å². The van der Waals surface area contributed by atoms with E-state index >= 15 is 0 Å². The van der Waals surface area contributed by atoms with Crippen LogP contribution in [0.4, 0.5) is 4.79 Å². The van der Waals surface area contributed by atoms with Gasteiger partial charge in [0.2, 0.25) is 0 Å². The molecular formula is C15H29N3O2. The van der Waals surface area contributed by atoms with Crippen molar-refractivity contribution in [2.45, 2.75) is 51.6 Å². The lowest BCUT2D eigenvalue weighted by Gasteiger charge is -2.35. The number of hydrogen-bond acceptors (Lipinski definition) is 3. The van der Waals surface area contributed by atoms with Crippen LogP contribution in [0.2, 0.25) is 0 Å². The maximum Gasteiger partial charge on any atom is 0.317 e. The summed E-state index contributed by atoms with van der Waals surface area (Å²) < 4.78 is 0. The molecule has 1 unspecified atom stereocenters. The van der Waals surface area contributed by atoms with Gasteiger partial charge < -0.3 is 20.2 Å². The summed E-state index contributed by atoms with van der Waals surface area (Å²) >= 11 is 0. The number of aliphatic hydroxyl groups is 1. The number of aliphatic hydroxyl groups excluding tert-OH is 1. The largest absolute Gasteiger partial charge is 0.395 e. The van der Waals surface area contributed by atoms with Gasteiger partial charge in [0.1, 0.15) is 0 Å². The number of piperidine rings is 1. The predicted molar refractivity (Wildman–Crippen MR) is 79.6 cm³/mol. The van der Waals surface area contributed by atoms with E-state index in [-0.39, 0.29) is 12.6 Å². The molecule has 1 saturated heterocycles. The molecule has 0 spiro atoms. The molecule has 116 valence electrons. The molecule has 5 nitrogen and oxygen atoms in total. The first-order chi connectivity index (χ1) is 9.61. The quantitative estimate of drug-likeness (QED) is 0.772. The summed E-state index contributed by atoms with van der Waals surface area (Å²) in [5, 5.41) is 12.1. The molecule has 2 rings (SSSR count). The van der Waals surface area contributed by atoms with Crippen LogP contribution in [-0.4, -0.2) is 65.8 Å². The van der Waals surface area contributed by atoms with Crippen molar-refractivity contribution in [3.63, 3.8) is 0 Å². The van der Waals surface area contributed by atoms with Crippen molar-refractivity contribution in [2.24, 2.45) is 5.92 Å². The average Bonchev–Trinajstić information content (AvgIpc) is 3.27. The maximum absolute atomic E-state index is 12.2. The number of rotatable bonds is 6. The van der Waals surface area contributed by atoms with Crippen molar-refractivity contribution in [1.29, 1.82) is 0 Å². The van der Waals surface area contributed by atoms with Gasteiger partial charge in [-0.15, -0.1) is 0 Å². The van der Waals surface area contributed by atoms with Crippen LogP contribution in [0.15, 0.2) is 0 Å². The lowest BCUT2D eigenvalue weighted by atomic mass is 9.97. The van der Waals surface area contributed by atoms with Crippen LogP contribution in [0.1, 0.15) is 39.5 Å². The van der Waals surface area contributed by atoms with Gasteiger partial charge in [-0.2, -0.15) is 0 Å². The van der Waals surface area contributed by atoms with E-state index in [2.05, 4.69) is 24.1 Å². The minimum Gasteiger partial charge on any atom is -0.395 e. The summed E-state index contributed by atoms with van der Waals surface area (Å²) in [5.41, 5.74) is 0.